The summed E-state index contributed by atoms with van der Waals surface area (Å²) < 4.78 is 5.09. The number of halogens is 1. The van der Waals surface area contributed by atoms with E-state index in [0.29, 0.717) is 10.1 Å². The maximum Gasteiger partial charge on any atom is 0.191 e. The molecule has 6 heteroatoms. The van der Waals surface area contributed by atoms with Gasteiger partial charge in [-0.25, -0.2) is 0 Å². The second-order valence-electron chi connectivity index (χ2n) is 4.11. The Morgan fingerprint density at radius 1 is 1.24 bits per heavy atom. The van der Waals surface area contributed by atoms with Crippen LogP contribution < -0.4 is 15.5 Å². The van der Waals surface area contributed by atoms with Gasteiger partial charge in [-0.3, -0.25) is 5.43 Å². The number of rotatable bonds is 4. The molecule has 0 aliphatic heterocycles. The Bertz CT molecular complexity index is 644. The largest absolute Gasteiger partial charge is 0.497 e. The third-order valence-electron chi connectivity index (χ3n) is 2.58. The van der Waals surface area contributed by atoms with Crippen molar-refractivity contribution in [2.75, 3.05) is 12.4 Å². The zero-order valence-electron chi connectivity index (χ0n) is 11.3. The minimum absolute atomic E-state index is 0.391. The average Bonchev–Trinajstić information content (AvgIpc) is 2.48. The van der Waals surface area contributed by atoms with Crippen molar-refractivity contribution in [3.8, 4) is 5.75 Å². The molecule has 0 bridgehead atoms. The first-order valence-electron chi connectivity index (χ1n) is 6.17. The van der Waals surface area contributed by atoms with Crippen molar-refractivity contribution in [2.45, 2.75) is 0 Å². The van der Waals surface area contributed by atoms with Gasteiger partial charge in [-0.15, -0.1) is 0 Å². The minimum atomic E-state index is 0.391. The summed E-state index contributed by atoms with van der Waals surface area (Å²) in [4.78, 5) is 0. The molecule has 21 heavy (non-hydrogen) atoms. The fraction of sp³-hybridized carbons (Fsp3) is 0.0667. The Labute approximate surface area is 133 Å². The van der Waals surface area contributed by atoms with Crippen LogP contribution in [-0.4, -0.2) is 18.4 Å². The molecule has 0 aromatic heterocycles. The van der Waals surface area contributed by atoms with Crippen LogP contribution in [0.1, 0.15) is 5.56 Å². The number of nitrogens with one attached hydrogen (secondary N) is 2. The van der Waals surface area contributed by atoms with Gasteiger partial charge in [0, 0.05) is 10.7 Å². The van der Waals surface area contributed by atoms with E-state index < -0.39 is 0 Å². The number of hydrogen-bond donors (Lipinski definition) is 2. The molecule has 0 aliphatic carbocycles. The van der Waals surface area contributed by atoms with Crippen molar-refractivity contribution in [1.29, 1.82) is 0 Å². The molecule has 0 amide bonds. The summed E-state index contributed by atoms with van der Waals surface area (Å²) in [7, 11) is 1.63. The van der Waals surface area contributed by atoms with Gasteiger partial charge >= 0.3 is 0 Å². The molecule has 2 aromatic carbocycles. The van der Waals surface area contributed by atoms with Crippen LogP contribution in [0, 0.1) is 0 Å². The fourth-order valence-corrected chi connectivity index (χ4v) is 1.94. The number of nitrogens with zero attached hydrogens (tertiary/aromatic N) is 1. The SMILES string of the molecule is COc1ccc(C=NNC(=S)Nc2cccc(Cl)c2)cc1. The van der Waals surface area contributed by atoms with E-state index in [1.807, 2.05) is 36.4 Å². The Hall–Kier alpha value is -2.11. The molecular weight excluding hydrogens is 306 g/mol. The van der Waals surface area contributed by atoms with Crippen molar-refractivity contribution in [3.05, 3.63) is 59.1 Å². The summed E-state index contributed by atoms with van der Waals surface area (Å²) in [6.45, 7) is 0. The maximum absolute atomic E-state index is 5.89. The lowest BCUT2D eigenvalue weighted by atomic mass is 10.2. The van der Waals surface area contributed by atoms with Crippen molar-refractivity contribution in [3.63, 3.8) is 0 Å². The van der Waals surface area contributed by atoms with Gasteiger partial charge in [-0.05, 0) is 60.2 Å². The second-order valence-corrected chi connectivity index (χ2v) is 4.95. The van der Waals surface area contributed by atoms with Crippen molar-refractivity contribution < 1.29 is 4.74 Å². The molecule has 0 saturated heterocycles. The van der Waals surface area contributed by atoms with Crippen LogP contribution in [0.25, 0.3) is 0 Å². The summed E-state index contributed by atoms with van der Waals surface area (Å²) in [6.07, 6.45) is 1.67. The van der Waals surface area contributed by atoms with Gasteiger partial charge in [-0.2, -0.15) is 5.10 Å². The number of hydrazone groups is 1. The predicted octanol–water partition coefficient (Wildman–Crippen LogP) is 3.67. The van der Waals surface area contributed by atoms with Crippen LogP contribution in [0.5, 0.6) is 5.75 Å². The van der Waals surface area contributed by atoms with E-state index in [0.717, 1.165) is 17.0 Å². The zero-order chi connectivity index (χ0) is 15.1. The highest BCUT2D eigenvalue weighted by Gasteiger charge is 1.97. The molecule has 2 rings (SSSR count). The topological polar surface area (TPSA) is 45.6 Å². The lowest BCUT2D eigenvalue weighted by molar-refractivity contribution is 0.415. The molecule has 2 N–H and O–H groups in total. The fourth-order valence-electron chi connectivity index (χ4n) is 1.58. The number of hydrogen-bond acceptors (Lipinski definition) is 3. The van der Waals surface area contributed by atoms with Crippen LogP contribution in [0.3, 0.4) is 0 Å². The molecule has 0 atom stereocenters. The first-order chi connectivity index (χ1) is 10.2. The average molecular weight is 320 g/mol. The highest BCUT2D eigenvalue weighted by molar-refractivity contribution is 7.80. The first kappa shape index (κ1) is 15.3. The van der Waals surface area contributed by atoms with E-state index in [-0.39, 0.29) is 0 Å². The second kappa shape index (κ2) is 7.61. The molecule has 0 spiro atoms. The molecule has 0 aliphatic rings. The highest BCUT2D eigenvalue weighted by Crippen LogP contribution is 2.14. The van der Waals surface area contributed by atoms with Gasteiger partial charge in [0.2, 0.25) is 0 Å². The van der Waals surface area contributed by atoms with Gasteiger partial charge in [-0.1, -0.05) is 17.7 Å². The number of anilines is 1. The van der Waals surface area contributed by atoms with Crippen LogP contribution in [0.2, 0.25) is 5.02 Å². The van der Waals surface area contributed by atoms with Gasteiger partial charge in [0.25, 0.3) is 0 Å². The van der Waals surface area contributed by atoms with Gasteiger partial charge in [0.05, 0.1) is 13.3 Å². The van der Waals surface area contributed by atoms with E-state index in [1.165, 1.54) is 0 Å². The Morgan fingerprint density at radius 2 is 2.00 bits per heavy atom. The Kier molecular flexibility index (Phi) is 5.54. The van der Waals surface area contributed by atoms with Gasteiger partial charge < -0.3 is 10.1 Å². The number of methoxy groups -OCH3 is 1. The molecular formula is C15H14ClN3OS. The third-order valence-corrected chi connectivity index (χ3v) is 3.01. The summed E-state index contributed by atoms with van der Waals surface area (Å²) in [5.74, 6) is 0.804. The summed E-state index contributed by atoms with van der Waals surface area (Å²) in [5.41, 5.74) is 4.49. The quantitative estimate of drug-likeness (QED) is 0.513. The van der Waals surface area contributed by atoms with Crippen LogP contribution >= 0.6 is 23.8 Å². The number of ether oxygens (including phenoxy) is 1. The Balaban J connectivity index is 1.86. The highest BCUT2D eigenvalue weighted by atomic mass is 35.5. The molecule has 0 radical (unpaired) electrons. The third kappa shape index (κ3) is 5.06. The maximum atomic E-state index is 5.89. The van der Waals surface area contributed by atoms with Crippen molar-refractivity contribution >= 4 is 40.8 Å². The summed E-state index contributed by atoms with van der Waals surface area (Å²) >= 11 is 11.0. The summed E-state index contributed by atoms with van der Waals surface area (Å²) in [6, 6.07) is 14.8. The summed E-state index contributed by atoms with van der Waals surface area (Å²) in [5, 5.41) is 8.09. The van der Waals surface area contributed by atoms with Crippen LogP contribution in [0.15, 0.2) is 53.6 Å². The monoisotopic (exact) mass is 319 g/mol. The van der Waals surface area contributed by atoms with Gasteiger partial charge in [0.15, 0.2) is 5.11 Å². The van der Waals surface area contributed by atoms with Gasteiger partial charge in [0.1, 0.15) is 5.75 Å². The Morgan fingerprint density at radius 3 is 2.67 bits per heavy atom. The predicted molar refractivity (Wildman–Crippen MR) is 91.4 cm³/mol. The van der Waals surface area contributed by atoms with E-state index in [9.17, 15) is 0 Å². The number of thiocarbonyl (C=S) groups is 1. The van der Waals surface area contributed by atoms with E-state index in [1.54, 1.807) is 25.5 Å². The normalized spacial score (nSPS) is 10.4. The van der Waals surface area contributed by atoms with Crippen LogP contribution in [-0.2, 0) is 0 Å². The standard InChI is InChI=1S/C15H14ClN3OS/c1-20-14-7-5-11(6-8-14)10-17-19-15(21)18-13-4-2-3-12(16)9-13/h2-10H,1H3,(H2,18,19,21). The van der Waals surface area contributed by atoms with E-state index >= 15 is 0 Å². The molecule has 0 saturated carbocycles. The number of benzene rings is 2. The molecule has 0 heterocycles. The molecule has 2 aromatic rings. The minimum Gasteiger partial charge on any atom is -0.497 e. The van der Waals surface area contributed by atoms with Crippen molar-refractivity contribution in [2.24, 2.45) is 5.10 Å². The van der Waals surface area contributed by atoms with Crippen molar-refractivity contribution in [1.82, 2.24) is 5.43 Å². The lowest BCUT2D eigenvalue weighted by Crippen LogP contribution is -2.23. The van der Waals surface area contributed by atoms with Crippen LogP contribution in [0.4, 0.5) is 5.69 Å². The lowest BCUT2D eigenvalue weighted by Gasteiger charge is -2.06. The first-order valence-corrected chi connectivity index (χ1v) is 6.95. The zero-order valence-corrected chi connectivity index (χ0v) is 12.9. The van der Waals surface area contributed by atoms with E-state index in [4.69, 9.17) is 28.6 Å². The molecule has 0 unspecified atom stereocenters. The smallest absolute Gasteiger partial charge is 0.191 e. The molecule has 4 nitrogen and oxygen atoms in total. The van der Waals surface area contributed by atoms with E-state index in [2.05, 4.69) is 15.8 Å². The molecule has 108 valence electrons. The molecule has 0 fully saturated rings.